The molecule has 30 heavy (non-hydrogen) atoms. The SMILES string of the molecule is Cc1cnc2c(S(=O)(=O)N3CCN(c4c(F)c(F)nc(F)c4F)CC3)cccc2c1. The van der Waals surface area contributed by atoms with Crippen LogP contribution in [0.4, 0.5) is 23.2 Å². The van der Waals surface area contributed by atoms with Crippen molar-refractivity contribution in [3.63, 3.8) is 0 Å². The van der Waals surface area contributed by atoms with E-state index >= 15 is 0 Å². The largest absolute Gasteiger partial charge is 0.364 e. The minimum atomic E-state index is -3.95. The van der Waals surface area contributed by atoms with Crippen molar-refractivity contribution in [1.82, 2.24) is 14.3 Å². The third kappa shape index (κ3) is 3.37. The average Bonchev–Trinajstić information content (AvgIpc) is 2.72. The molecule has 1 aliphatic rings. The highest BCUT2D eigenvalue weighted by Crippen LogP contribution is 2.29. The van der Waals surface area contributed by atoms with E-state index in [1.165, 1.54) is 6.07 Å². The lowest BCUT2D eigenvalue weighted by molar-refractivity contribution is 0.369. The molecule has 2 aromatic heterocycles. The number of para-hydroxylation sites is 1. The third-order valence-corrected chi connectivity index (χ3v) is 6.89. The van der Waals surface area contributed by atoms with Crippen LogP contribution < -0.4 is 4.90 Å². The molecule has 0 amide bonds. The molecular weight excluding hydrogens is 424 g/mol. The fourth-order valence-corrected chi connectivity index (χ4v) is 5.08. The summed E-state index contributed by atoms with van der Waals surface area (Å²) in [7, 11) is -3.95. The lowest BCUT2D eigenvalue weighted by Crippen LogP contribution is -2.49. The summed E-state index contributed by atoms with van der Waals surface area (Å²) in [5, 5.41) is 0.668. The van der Waals surface area contributed by atoms with Gasteiger partial charge in [0, 0.05) is 37.8 Å². The second-order valence-corrected chi connectivity index (χ2v) is 8.81. The minimum absolute atomic E-state index is 0.0202. The van der Waals surface area contributed by atoms with Crippen LogP contribution in [0.15, 0.2) is 35.4 Å². The lowest BCUT2D eigenvalue weighted by atomic mass is 10.2. The Balaban J connectivity index is 1.62. The van der Waals surface area contributed by atoms with E-state index < -0.39 is 39.2 Å². The van der Waals surface area contributed by atoms with Gasteiger partial charge in [0.25, 0.3) is 11.9 Å². The highest BCUT2D eigenvalue weighted by atomic mass is 32.2. The standard InChI is InChI=1S/C19H16F4N4O2S/c1-11-9-12-3-2-4-13(16(12)24-10-11)30(28,29)27-7-5-26(6-8-27)17-14(20)18(22)25-19(23)15(17)21/h2-4,9-10H,5-8H2,1H3. The number of fused-ring (bicyclic) bond motifs is 1. The number of aryl methyl sites for hydroxylation is 1. The van der Waals surface area contributed by atoms with Crippen LogP contribution >= 0.6 is 0 Å². The Bertz CT molecular complexity index is 1220. The number of anilines is 1. The van der Waals surface area contributed by atoms with Crippen molar-refractivity contribution in [2.75, 3.05) is 31.1 Å². The van der Waals surface area contributed by atoms with Gasteiger partial charge >= 0.3 is 0 Å². The van der Waals surface area contributed by atoms with E-state index in [1.54, 1.807) is 18.3 Å². The summed E-state index contributed by atoms with van der Waals surface area (Å²) in [5.41, 5.74) is 0.312. The molecule has 0 unspecified atom stereocenters. The highest BCUT2D eigenvalue weighted by molar-refractivity contribution is 7.89. The molecule has 3 aromatic rings. The number of halogens is 4. The molecule has 0 bridgehead atoms. The monoisotopic (exact) mass is 440 g/mol. The first kappa shape index (κ1) is 20.5. The molecule has 1 aromatic carbocycles. The normalized spacial score (nSPS) is 15.7. The summed E-state index contributed by atoms with van der Waals surface area (Å²) in [4.78, 5) is 7.86. The van der Waals surface area contributed by atoms with Gasteiger partial charge in [-0.15, -0.1) is 0 Å². The number of piperazine rings is 1. The zero-order chi connectivity index (χ0) is 21.6. The van der Waals surface area contributed by atoms with Gasteiger partial charge in [0.05, 0.1) is 5.52 Å². The topological polar surface area (TPSA) is 66.4 Å². The Labute approximate surface area is 169 Å². The van der Waals surface area contributed by atoms with E-state index in [0.717, 1.165) is 14.8 Å². The molecule has 0 atom stereocenters. The molecule has 0 aliphatic carbocycles. The van der Waals surface area contributed by atoms with Crippen LogP contribution in [0.1, 0.15) is 5.56 Å². The minimum Gasteiger partial charge on any atom is -0.364 e. The molecule has 0 spiro atoms. The summed E-state index contributed by atoms with van der Waals surface area (Å²) in [6.45, 7) is 1.26. The van der Waals surface area contributed by atoms with E-state index in [-0.39, 0.29) is 31.1 Å². The molecule has 0 radical (unpaired) electrons. The van der Waals surface area contributed by atoms with Gasteiger partial charge < -0.3 is 4.90 Å². The third-order valence-electron chi connectivity index (χ3n) is 4.96. The zero-order valence-corrected chi connectivity index (χ0v) is 16.6. The number of nitrogens with zero attached hydrogens (tertiary/aromatic N) is 4. The number of benzene rings is 1. The van der Waals surface area contributed by atoms with Gasteiger partial charge in [-0.2, -0.15) is 26.9 Å². The van der Waals surface area contributed by atoms with Crippen LogP contribution in [0.5, 0.6) is 0 Å². The first-order valence-corrected chi connectivity index (χ1v) is 10.4. The molecule has 6 nitrogen and oxygen atoms in total. The van der Waals surface area contributed by atoms with Crippen molar-refractivity contribution in [1.29, 1.82) is 0 Å². The van der Waals surface area contributed by atoms with Gasteiger partial charge in [-0.1, -0.05) is 12.1 Å². The lowest BCUT2D eigenvalue weighted by Gasteiger charge is -2.35. The van der Waals surface area contributed by atoms with Crippen molar-refractivity contribution in [2.24, 2.45) is 0 Å². The maximum absolute atomic E-state index is 14.0. The summed E-state index contributed by atoms with van der Waals surface area (Å²) in [6.07, 6.45) is 1.57. The molecule has 4 rings (SSSR count). The molecule has 0 saturated carbocycles. The Morgan fingerprint density at radius 3 is 2.23 bits per heavy atom. The van der Waals surface area contributed by atoms with Crippen LogP contribution in [0.25, 0.3) is 10.9 Å². The molecular formula is C19H16F4N4O2S. The Kier molecular flexibility index (Phi) is 5.10. The summed E-state index contributed by atoms with van der Waals surface area (Å²) in [6, 6.07) is 6.63. The van der Waals surface area contributed by atoms with Crippen molar-refractivity contribution in [2.45, 2.75) is 11.8 Å². The quantitative estimate of drug-likeness (QED) is 0.463. The van der Waals surface area contributed by atoms with Crippen LogP contribution in [-0.4, -0.2) is 48.9 Å². The van der Waals surface area contributed by atoms with E-state index in [4.69, 9.17) is 0 Å². The number of aromatic nitrogens is 2. The van der Waals surface area contributed by atoms with E-state index in [9.17, 15) is 26.0 Å². The summed E-state index contributed by atoms with van der Waals surface area (Å²) in [5.74, 6) is -6.73. The van der Waals surface area contributed by atoms with Gasteiger partial charge in [-0.05, 0) is 24.6 Å². The molecule has 0 N–H and O–H groups in total. The van der Waals surface area contributed by atoms with E-state index in [2.05, 4.69) is 9.97 Å². The Hall–Kier alpha value is -2.79. The van der Waals surface area contributed by atoms with Gasteiger partial charge in [-0.25, -0.2) is 8.42 Å². The first-order valence-electron chi connectivity index (χ1n) is 9.00. The van der Waals surface area contributed by atoms with Crippen molar-refractivity contribution >= 4 is 26.6 Å². The Morgan fingerprint density at radius 2 is 1.60 bits per heavy atom. The number of hydrogen-bond acceptors (Lipinski definition) is 5. The summed E-state index contributed by atoms with van der Waals surface area (Å²) < 4.78 is 82.3. The van der Waals surface area contributed by atoms with Gasteiger partial charge in [0.1, 0.15) is 10.6 Å². The molecule has 1 saturated heterocycles. The average molecular weight is 440 g/mol. The fraction of sp³-hybridized carbons (Fsp3) is 0.263. The van der Waals surface area contributed by atoms with Gasteiger partial charge in [-0.3, -0.25) is 4.98 Å². The first-order chi connectivity index (χ1) is 14.2. The zero-order valence-electron chi connectivity index (χ0n) is 15.7. The number of pyridine rings is 2. The van der Waals surface area contributed by atoms with E-state index in [1.807, 2.05) is 13.0 Å². The van der Waals surface area contributed by atoms with Crippen molar-refractivity contribution < 1.29 is 26.0 Å². The molecule has 11 heteroatoms. The van der Waals surface area contributed by atoms with Crippen LogP contribution in [0.2, 0.25) is 0 Å². The maximum Gasteiger partial charge on any atom is 0.253 e. The van der Waals surface area contributed by atoms with E-state index in [0.29, 0.717) is 10.9 Å². The number of sulfonamides is 1. The van der Waals surface area contributed by atoms with Crippen LogP contribution in [0, 0.1) is 30.5 Å². The second kappa shape index (κ2) is 7.47. The Morgan fingerprint density at radius 1 is 0.967 bits per heavy atom. The van der Waals surface area contributed by atoms with Crippen LogP contribution in [0.3, 0.4) is 0 Å². The second-order valence-electron chi connectivity index (χ2n) is 6.90. The predicted octanol–water partition coefficient (Wildman–Crippen LogP) is 3.01. The van der Waals surface area contributed by atoms with Gasteiger partial charge in [0.15, 0.2) is 0 Å². The highest BCUT2D eigenvalue weighted by Gasteiger charge is 2.33. The molecule has 1 fully saturated rings. The smallest absolute Gasteiger partial charge is 0.253 e. The van der Waals surface area contributed by atoms with Crippen molar-refractivity contribution in [3.05, 3.63) is 59.6 Å². The maximum atomic E-state index is 14.0. The summed E-state index contributed by atoms with van der Waals surface area (Å²) >= 11 is 0. The number of rotatable bonds is 3. The predicted molar refractivity (Wildman–Crippen MR) is 102 cm³/mol. The molecule has 3 heterocycles. The molecule has 1 aliphatic heterocycles. The van der Waals surface area contributed by atoms with Gasteiger partial charge in [0.2, 0.25) is 21.7 Å². The molecule has 158 valence electrons. The van der Waals surface area contributed by atoms with Crippen LogP contribution in [-0.2, 0) is 10.0 Å². The van der Waals surface area contributed by atoms with Crippen molar-refractivity contribution in [3.8, 4) is 0 Å². The number of hydrogen-bond donors (Lipinski definition) is 0. The fourth-order valence-electron chi connectivity index (χ4n) is 3.50.